The second-order valence-electron chi connectivity index (χ2n) is 4.29. The van der Waals surface area contributed by atoms with Gasteiger partial charge in [0.05, 0.1) is 0 Å². The van der Waals surface area contributed by atoms with Crippen LogP contribution in [0, 0.1) is 0 Å². The molecule has 0 aromatic heterocycles. The number of esters is 1. The zero-order chi connectivity index (χ0) is 14.9. The molecule has 0 heterocycles. The van der Waals surface area contributed by atoms with Gasteiger partial charge in [0.1, 0.15) is 5.60 Å². The van der Waals surface area contributed by atoms with Crippen LogP contribution in [0.3, 0.4) is 0 Å². The van der Waals surface area contributed by atoms with Gasteiger partial charge in [-0.3, -0.25) is 0 Å². The lowest BCUT2D eigenvalue weighted by Gasteiger charge is -2.19. The molecule has 6 nitrogen and oxygen atoms in total. The molecule has 0 spiro atoms. The highest BCUT2D eigenvalue weighted by Crippen LogP contribution is 2.09. The number of aliphatic carboxylic acids is 2. The minimum Gasteiger partial charge on any atom is -0.478 e. The Morgan fingerprint density at radius 2 is 1.39 bits per heavy atom. The summed E-state index contributed by atoms with van der Waals surface area (Å²) in [6.07, 6.45) is 1.12. The summed E-state index contributed by atoms with van der Waals surface area (Å²) >= 11 is 0. The maximum absolute atomic E-state index is 10.8. The van der Waals surface area contributed by atoms with E-state index in [1.54, 1.807) is 6.92 Å². The monoisotopic (exact) mass is 258 g/mol. The lowest BCUT2D eigenvalue weighted by Crippen LogP contribution is -2.23. The van der Waals surface area contributed by atoms with Gasteiger partial charge in [-0.2, -0.15) is 0 Å². The summed E-state index contributed by atoms with van der Waals surface area (Å²) < 4.78 is 4.96. The number of carbonyl (C=O) groups excluding carboxylic acids is 1. The number of hydrogen-bond acceptors (Lipinski definition) is 4. The van der Waals surface area contributed by atoms with E-state index in [9.17, 15) is 14.4 Å². The van der Waals surface area contributed by atoms with Gasteiger partial charge >= 0.3 is 17.9 Å². The summed E-state index contributed by atoms with van der Waals surface area (Å²) in [5.74, 6) is -2.84. The molecule has 0 saturated heterocycles. The first-order chi connectivity index (χ1) is 7.95. The van der Waals surface area contributed by atoms with Crippen LogP contribution in [0.1, 0.15) is 27.7 Å². The van der Waals surface area contributed by atoms with E-state index < -0.39 is 17.5 Å². The Labute approximate surface area is 106 Å². The molecule has 0 atom stereocenters. The quantitative estimate of drug-likeness (QED) is 0.589. The summed E-state index contributed by atoms with van der Waals surface area (Å²) in [6, 6.07) is 0. The molecule has 0 aromatic rings. The van der Waals surface area contributed by atoms with Crippen molar-refractivity contribution in [2.24, 2.45) is 0 Å². The van der Waals surface area contributed by atoms with Crippen molar-refractivity contribution < 1.29 is 29.3 Å². The molecule has 0 aliphatic rings. The number of carbonyl (C=O) groups is 3. The van der Waals surface area contributed by atoms with Crippen LogP contribution in [0.4, 0.5) is 0 Å². The van der Waals surface area contributed by atoms with Gasteiger partial charge in [-0.1, -0.05) is 6.58 Å². The summed E-state index contributed by atoms with van der Waals surface area (Å²) in [4.78, 5) is 29.9. The average molecular weight is 258 g/mol. The highest BCUT2D eigenvalue weighted by Gasteiger charge is 2.15. The lowest BCUT2D eigenvalue weighted by atomic mass is 10.2. The van der Waals surface area contributed by atoms with Crippen LogP contribution in [-0.4, -0.2) is 33.7 Å². The Kier molecular flexibility index (Phi) is 8.17. The van der Waals surface area contributed by atoms with Gasteiger partial charge in [0.15, 0.2) is 0 Å². The van der Waals surface area contributed by atoms with Gasteiger partial charge in [0.25, 0.3) is 0 Å². The smallest absolute Gasteiger partial charge is 0.333 e. The molecule has 0 aliphatic heterocycles. The van der Waals surface area contributed by atoms with Crippen LogP contribution in [0.5, 0.6) is 0 Å². The summed E-state index contributed by atoms with van der Waals surface area (Å²) in [5, 5.41) is 15.6. The third-order valence-corrected chi connectivity index (χ3v) is 1.12. The molecule has 0 radical (unpaired) electrons. The van der Waals surface area contributed by atoms with Crippen molar-refractivity contribution in [1.82, 2.24) is 0 Å². The van der Waals surface area contributed by atoms with E-state index in [0.717, 1.165) is 0 Å². The molecular formula is C12H18O6. The molecule has 6 heteroatoms. The predicted octanol–water partition coefficient (Wildman–Crippen LogP) is 1.62. The van der Waals surface area contributed by atoms with E-state index in [1.165, 1.54) is 0 Å². The molecule has 102 valence electrons. The van der Waals surface area contributed by atoms with E-state index in [2.05, 4.69) is 6.58 Å². The molecule has 0 aliphatic carbocycles. The van der Waals surface area contributed by atoms with Gasteiger partial charge in [-0.15, -0.1) is 0 Å². The SMILES string of the molecule is C=C(C)C(=O)OC(C)(C)C.O=C(O)/C=C\C(=O)O. The van der Waals surface area contributed by atoms with Crippen LogP contribution in [-0.2, 0) is 19.1 Å². The van der Waals surface area contributed by atoms with E-state index >= 15 is 0 Å². The fraction of sp³-hybridized carbons (Fsp3) is 0.417. The first kappa shape index (κ1) is 18.3. The van der Waals surface area contributed by atoms with Gasteiger partial charge in [0, 0.05) is 17.7 Å². The Morgan fingerprint density at radius 1 is 1.06 bits per heavy atom. The zero-order valence-corrected chi connectivity index (χ0v) is 10.9. The normalized spacial score (nSPS) is 10.2. The first-order valence-corrected chi connectivity index (χ1v) is 4.98. The highest BCUT2D eigenvalue weighted by molar-refractivity contribution is 5.89. The molecule has 2 N–H and O–H groups in total. The lowest BCUT2D eigenvalue weighted by molar-refractivity contribution is -0.149. The van der Waals surface area contributed by atoms with Crippen LogP contribution in [0.2, 0.25) is 0 Å². The Hall–Kier alpha value is -2.11. The number of carboxylic acids is 2. The van der Waals surface area contributed by atoms with Crippen LogP contribution in [0.15, 0.2) is 24.3 Å². The number of ether oxygens (including phenoxy) is 1. The van der Waals surface area contributed by atoms with E-state index in [4.69, 9.17) is 14.9 Å². The Bertz CT molecular complexity index is 343. The van der Waals surface area contributed by atoms with Gasteiger partial charge in [0.2, 0.25) is 0 Å². The Morgan fingerprint density at radius 3 is 1.50 bits per heavy atom. The summed E-state index contributed by atoms with van der Waals surface area (Å²) in [5.41, 5.74) is 0.0330. The van der Waals surface area contributed by atoms with Gasteiger partial charge in [-0.05, 0) is 27.7 Å². The van der Waals surface area contributed by atoms with Crippen molar-refractivity contribution in [2.45, 2.75) is 33.3 Å². The predicted molar refractivity (Wildman–Crippen MR) is 65.1 cm³/mol. The fourth-order valence-electron chi connectivity index (χ4n) is 0.508. The fourth-order valence-corrected chi connectivity index (χ4v) is 0.508. The third-order valence-electron chi connectivity index (χ3n) is 1.12. The second kappa shape index (κ2) is 8.05. The molecule has 0 fully saturated rings. The number of carboxylic acid groups (broad SMARTS) is 2. The van der Waals surface area contributed by atoms with Crippen molar-refractivity contribution in [3.63, 3.8) is 0 Å². The maximum atomic E-state index is 10.8. The molecule has 0 aromatic carbocycles. The van der Waals surface area contributed by atoms with Crippen molar-refractivity contribution in [3.05, 3.63) is 24.3 Å². The average Bonchev–Trinajstić information content (AvgIpc) is 2.12. The molecular weight excluding hydrogens is 240 g/mol. The van der Waals surface area contributed by atoms with Crippen LogP contribution >= 0.6 is 0 Å². The molecule has 0 unspecified atom stereocenters. The van der Waals surface area contributed by atoms with Crippen molar-refractivity contribution in [3.8, 4) is 0 Å². The second-order valence-corrected chi connectivity index (χ2v) is 4.29. The molecule has 0 saturated carbocycles. The van der Waals surface area contributed by atoms with Gasteiger partial charge in [-0.25, -0.2) is 14.4 Å². The minimum absolute atomic E-state index is 0.326. The largest absolute Gasteiger partial charge is 0.478 e. The van der Waals surface area contributed by atoms with Gasteiger partial charge < -0.3 is 14.9 Å². The molecule has 18 heavy (non-hydrogen) atoms. The summed E-state index contributed by atoms with van der Waals surface area (Å²) in [6.45, 7) is 10.6. The third kappa shape index (κ3) is 16.3. The summed E-state index contributed by atoms with van der Waals surface area (Å²) in [7, 11) is 0. The number of rotatable bonds is 3. The molecule has 0 amide bonds. The standard InChI is InChI=1S/C8H14O2.C4H4O4/c1-6(2)7(9)10-8(3,4)5;5-3(6)1-2-4(7)8/h1H2,2-5H3;1-2H,(H,5,6)(H,7,8)/b;2-1-. The molecule has 0 rings (SSSR count). The Balaban J connectivity index is 0. The van der Waals surface area contributed by atoms with E-state index in [0.29, 0.717) is 17.7 Å². The van der Waals surface area contributed by atoms with Crippen molar-refractivity contribution in [1.29, 1.82) is 0 Å². The van der Waals surface area contributed by atoms with E-state index in [-0.39, 0.29) is 5.97 Å². The van der Waals surface area contributed by atoms with Crippen LogP contribution < -0.4 is 0 Å². The number of hydrogen-bond donors (Lipinski definition) is 2. The highest BCUT2D eigenvalue weighted by atomic mass is 16.6. The van der Waals surface area contributed by atoms with Crippen LogP contribution in [0.25, 0.3) is 0 Å². The maximum Gasteiger partial charge on any atom is 0.333 e. The first-order valence-electron chi connectivity index (χ1n) is 4.98. The van der Waals surface area contributed by atoms with E-state index in [1.807, 2.05) is 20.8 Å². The van der Waals surface area contributed by atoms with Crippen molar-refractivity contribution in [2.75, 3.05) is 0 Å². The minimum atomic E-state index is -1.26. The topological polar surface area (TPSA) is 101 Å². The zero-order valence-electron chi connectivity index (χ0n) is 10.9. The van der Waals surface area contributed by atoms with Crippen molar-refractivity contribution >= 4 is 17.9 Å². The molecule has 0 bridgehead atoms.